The van der Waals surface area contributed by atoms with Gasteiger partial charge in [-0.1, -0.05) is 27.2 Å². The summed E-state index contributed by atoms with van der Waals surface area (Å²) in [5.74, 6) is 1.31. The maximum absolute atomic E-state index is 12.8. The fourth-order valence-electron chi connectivity index (χ4n) is 3.88. The van der Waals surface area contributed by atoms with Gasteiger partial charge in [-0.25, -0.2) is 0 Å². The zero-order valence-corrected chi connectivity index (χ0v) is 17.4. The first kappa shape index (κ1) is 21.7. The van der Waals surface area contributed by atoms with Crippen LogP contribution in [-0.4, -0.2) is 49.8 Å². The third-order valence-corrected chi connectivity index (χ3v) is 5.65. The highest BCUT2D eigenvalue weighted by Crippen LogP contribution is 2.35. The number of anilines is 1. The quantitative estimate of drug-likeness (QED) is 0.618. The Kier molecular flexibility index (Phi) is 8.58. The lowest BCUT2D eigenvalue weighted by Crippen LogP contribution is -2.47. The second-order valence-electron chi connectivity index (χ2n) is 7.61. The molecule has 2 rings (SSSR count). The normalized spacial score (nSPS) is 22.6. The van der Waals surface area contributed by atoms with Gasteiger partial charge in [0.1, 0.15) is 11.4 Å². The number of hydrogen-bond acceptors (Lipinski definition) is 4. The molecule has 5 nitrogen and oxygen atoms in total. The van der Waals surface area contributed by atoms with Crippen LogP contribution in [0.25, 0.3) is 0 Å². The summed E-state index contributed by atoms with van der Waals surface area (Å²) in [4.78, 5) is 15.2. The van der Waals surface area contributed by atoms with Crippen molar-refractivity contribution < 1.29 is 14.3 Å². The van der Waals surface area contributed by atoms with Gasteiger partial charge in [-0.3, -0.25) is 4.79 Å². The summed E-state index contributed by atoms with van der Waals surface area (Å²) in [6, 6.07) is 7.62. The maximum Gasteiger partial charge on any atom is 0.256 e. The van der Waals surface area contributed by atoms with Crippen LogP contribution in [-0.2, 0) is 9.53 Å². The molecule has 1 aromatic carbocycles. The third kappa shape index (κ3) is 6.22. The first-order valence-electron chi connectivity index (χ1n) is 10.3. The number of ether oxygens (including phenoxy) is 2. The zero-order chi connectivity index (χ0) is 19.7. The molecule has 1 aliphatic carbocycles. The van der Waals surface area contributed by atoms with Crippen molar-refractivity contribution in [3.05, 3.63) is 24.3 Å². The van der Waals surface area contributed by atoms with E-state index < -0.39 is 5.60 Å². The molecule has 1 fully saturated rings. The predicted molar refractivity (Wildman–Crippen MR) is 110 cm³/mol. The first-order valence-corrected chi connectivity index (χ1v) is 10.3. The number of methoxy groups -OCH3 is 1. The minimum Gasteiger partial charge on any atom is -0.494 e. The summed E-state index contributed by atoms with van der Waals surface area (Å²) in [7, 11) is 1.65. The van der Waals surface area contributed by atoms with E-state index in [1.807, 2.05) is 24.3 Å². The van der Waals surface area contributed by atoms with Gasteiger partial charge >= 0.3 is 0 Å². The van der Waals surface area contributed by atoms with E-state index >= 15 is 0 Å². The maximum atomic E-state index is 12.8. The molecule has 0 saturated heterocycles. The lowest BCUT2D eigenvalue weighted by molar-refractivity contribution is -0.143. The van der Waals surface area contributed by atoms with Crippen molar-refractivity contribution in [2.24, 2.45) is 5.92 Å². The van der Waals surface area contributed by atoms with Crippen LogP contribution >= 0.6 is 0 Å². The SMILES string of the molecule is CCN(CC)CCCOc1ccc(NC(=O)[C@@]2(OC)CCC[C@H](C)C2)cc1. The smallest absolute Gasteiger partial charge is 0.256 e. The molecule has 1 aromatic rings. The highest BCUT2D eigenvalue weighted by Gasteiger charge is 2.41. The Balaban J connectivity index is 1.83. The highest BCUT2D eigenvalue weighted by atomic mass is 16.5. The van der Waals surface area contributed by atoms with Gasteiger partial charge in [0, 0.05) is 19.3 Å². The topological polar surface area (TPSA) is 50.8 Å². The van der Waals surface area contributed by atoms with E-state index in [0.717, 1.165) is 56.8 Å². The van der Waals surface area contributed by atoms with Crippen molar-refractivity contribution in [2.75, 3.05) is 38.7 Å². The second-order valence-corrected chi connectivity index (χ2v) is 7.61. The number of carbonyl (C=O) groups is 1. The molecular weight excluding hydrogens is 340 g/mol. The summed E-state index contributed by atoms with van der Waals surface area (Å²) in [6.45, 7) is 10.5. The van der Waals surface area contributed by atoms with Gasteiger partial charge in [-0.2, -0.15) is 0 Å². The average molecular weight is 377 g/mol. The number of amides is 1. The van der Waals surface area contributed by atoms with Gasteiger partial charge in [-0.15, -0.1) is 0 Å². The monoisotopic (exact) mass is 376 g/mol. The average Bonchev–Trinajstić information content (AvgIpc) is 2.69. The molecule has 0 bridgehead atoms. The molecule has 5 heteroatoms. The van der Waals surface area contributed by atoms with E-state index in [2.05, 4.69) is 31.0 Å². The van der Waals surface area contributed by atoms with Crippen LogP contribution in [0.1, 0.15) is 52.9 Å². The Morgan fingerprint density at radius 2 is 1.96 bits per heavy atom. The van der Waals surface area contributed by atoms with Crippen LogP contribution in [0.3, 0.4) is 0 Å². The molecule has 0 unspecified atom stereocenters. The van der Waals surface area contributed by atoms with Crippen molar-refractivity contribution in [2.45, 2.75) is 58.5 Å². The van der Waals surface area contributed by atoms with Crippen LogP contribution in [0.2, 0.25) is 0 Å². The van der Waals surface area contributed by atoms with Crippen molar-refractivity contribution in [1.29, 1.82) is 0 Å². The number of hydrogen-bond donors (Lipinski definition) is 1. The van der Waals surface area contributed by atoms with Crippen molar-refractivity contribution in [3.8, 4) is 5.75 Å². The van der Waals surface area contributed by atoms with Crippen LogP contribution < -0.4 is 10.1 Å². The van der Waals surface area contributed by atoms with Crippen LogP contribution in [0, 0.1) is 5.92 Å². The van der Waals surface area contributed by atoms with Gasteiger partial charge in [0.15, 0.2) is 0 Å². The Hall–Kier alpha value is -1.59. The summed E-state index contributed by atoms with van der Waals surface area (Å²) in [5.41, 5.74) is 0.0854. The molecule has 1 N–H and O–H groups in total. The van der Waals surface area contributed by atoms with Gasteiger partial charge in [-0.05, 0) is 69.0 Å². The molecule has 0 aromatic heterocycles. The minimum atomic E-state index is -0.697. The number of nitrogens with one attached hydrogen (secondary N) is 1. The Labute approximate surface area is 164 Å². The summed E-state index contributed by atoms with van der Waals surface area (Å²) >= 11 is 0. The number of nitrogens with zero attached hydrogens (tertiary/aromatic N) is 1. The van der Waals surface area contributed by atoms with Gasteiger partial charge in [0.05, 0.1) is 6.61 Å². The predicted octanol–water partition coefficient (Wildman–Crippen LogP) is 4.33. The van der Waals surface area contributed by atoms with E-state index in [-0.39, 0.29) is 5.91 Å². The first-order chi connectivity index (χ1) is 13.0. The molecule has 0 radical (unpaired) electrons. The van der Waals surface area contributed by atoms with E-state index in [1.165, 1.54) is 6.42 Å². The fraction of sp³-hybridized carbons (Fsp3) is 0.682. The summed E-state index contributed by atoms with van der Waals surface area (Å²) in [5, 5.41) is 3.02. The van der Waals surface area contributed by atoms with E-state index in [1.54, 1.807) is 7.11 Å². The van der Waals surface area contributed by atoms with E-state index in [4.69, 9.17) is 9.47 Å². The highest BCUT2D eigenvalue weighted by molar-refractivity contribution is 5.97. The molecule has 1 aliphatic rings. The molecule has 27 heavy (non-hydrogen) atoms. The fourth-order valence-corrected chi connectivity index (χ4v) is 3.88. The Morgan fingerprint density at radius 3 is 2.56 bits per heavy atom. The van der Waals surface area contributed by atoms with Crippen molar-refractivity contribution in [3.63, 3.8) is 0 Å². The lowest BCUT2D eigenvalue weighted by atomic mass is 9.78. The van der Waals surface area contributed by atoms with E-state index in [9.17, 15) is 4.79 Å². The molecule has 152 valence electrons. The Morgan fingerprint density at radius 1 is 1.26 bits per heavy atom. The van der Waals surface area contributed by atoms with Gasteiger partial charge < -0.3 is 19.7 Å². The molecule has 1 saturated carbocycles. The minimum absolute atomic E-state index is 0.0376. The second kappa shape index (κ2) is 10.7. The van der Waals surface area contributed by atoms with Crippen LogP contribution in [0.4, 0.5) is 5.69 Å². The van der Waals surface area contributed by atoms with Gasteiger partial charge in [0.25, 0.3) is 5.91 Å². The molecule has 2 atom stereocenters. The largest absolute Gasteiger partial charge is 0.494 e. The molecule has 0 heterocycles. The van der Waals surface area contributed by atoms with Crippen LogP contribution in [0.15, 0.2) is 24.3 Å². The molecule has 0 spiro atoms. The molecule has 0 aliphatic heterocycles. The standard InChI is InChI=1S/C22H36N2O3/c1-5-24(6-2)15-8-16-27-20-12-10-19(11-13-20)23-21(25)22(26-4)14-7-9-18(3)17-22/h10-13,18H,5-9,14-17H2,1-4H3,(H,23,25)/t18-,22+/m0/s1. The molecule has 1 amide bonds. The van der Waals surface area contributed by atoms with Crippen LogP contribution in [0.5, 0.6) is 5.75 Å². The van der Waals surface area contributed by atoms with Crippen molar-refractivity contribution >= 4 is 11.6 Å². The molecular formula is C22H36N2O3. The third-order valence-electron chi connectivity index (χ3n) is 5.65. The number of rotatable bonds is 10. The number of benzene rings is 1. The van der Waals surface area contributed by atoms with Crippen molar-refractivity contribution in [1.82, 2.24) is 4.90 Å². The lowest BCUT2D eigenvalue weighted by Gasteiger charge is -2.37. The number of carbonyl (C=O) groups excluding carboxylic acids is 1. The summed E-state index contributed by atoms with van der Waals surface area (Å²) < 4.78 is 11.5. The summed E-state index contributed by atoms with van der Waals surface area (Å²) in [6.07, 6.45) is 4.77. The van der Waals surface area contributed by atoms with Gasteiger partial charge in [0.2, 0.25) is 0 Å². The zero-order valence-electron chi connectivity index (χ0n) is 17.4. The Bertz CT molecular complexity index is 571. The van der Waals surface area contributed by atoms with E-state index in [0.29, 0.717) is 12.5 Å².